The van der Waals surface area contributed by atoms with E-state index < -0.39 is 48.6 Å². The number of alkyl carbamates (subject to hydrolysis) is 1. The molecule has 0 bridgehead atoms. The number of nitrogens with zero attached hydrogens (tertiary/aromatic N) is 1. The van der Waals surface area contributed by atoms with Crippen molar-refractivity contribution >= 4 is 18.0 Å². The second-order valence-corrected chi connectivity index (χ2v) is 9.19. The molecule has 1 fully saturated rings. The number of carboxylic acids is 1. The van der Waals surface area contributed by atoms with Crippen LogP contribution in [-0.4, -0.2) is 59.9 Å². The summed E-state index contributed by atoms with van der Waals surface area (Å²) in [5.41, 5.74) is 1.92. The lowest BCUT2D eigenvalue weighted by Gasteiger charge is -2.28. The number of carbonyl (C=O) groups is 3. The van der Waals surface area contributed by atoms with Crippen molar-refractivity contribution in [3.8, 4) is 11.1 Å². The molecule has 2 unspecified atom stereocenters. The Morgan fingerprint density at radius 1 is 1.11 bits per heavy atom. The van der Waals surface area contributed by atoms with Gasteiger partial charge in [-0.25, -0.2) is 4.79 Å². The average molecular weight is 490 g/mol. The highest BCUT2D eigenvalue weighted by molar-refractivity contribution is 5.89. The Bertz CT molecular complexity index is 1110. The molecule has 2 amide bonds. The zero-order valence-corrected chi connectivity index (χ0v) is 19.0. The predicted octanol–water partition coefficient (Wildman–Crippen LogP) is 4.17. The molecule has 1 heterocycles. The second kappa shape index (κ2) is 9.24. The molecule has 35 heavy (non-hydrogen) atoms. The first-order chi connectivity index (χ1) is 16.5. The molecular formula is C25H25F3N2O5. The summed E-state index contributed by atoms with van der Waals surface area (Å²) >= 11 is 0. The summed E-state index contributed by atoms with van der Waals surface area (Å²) in [5, 5.41) is 11.4. The van der Waals surface area contributed by atoms with Gasteiger partial charge >= 0.3 is 18.2 Å². The van der Waals surface area contributed by atoms with Gasteiger partial charge < -0.3 is 20.1 Å². The van der Waals surface area contributed by atoms with Crippen molar-refractivity contribution in [2.45, 2.75) is 37.9 Å². The van der Waals surface area contributed by atoms with Crippen LogP contribution in [0, 0.1) is 5.41 Å². The van der Waals surface area contributed by atoms with Crippen LogP contribution in [0.3, 0.4) is 0 Å². The topological polar surface area (TPSA) is 95.9 Å². The maximum Gasteiger partial charge on any atom is 0.407 e. The second-order valence-electron chi connectivity index (χ2n) is 9.19. The fourth-order valence-corrected chi connectivity index (χ4v) is 4.76. The Morgan fingerprint density at radius 2 is 1.69 bits per heavy atom. The van der Waals surface area contributed by atoms with Gasteiger partial charge in [0.1, 0.15) is 12.6 Å². The molecule has 7 nitrogen and oxygen atoms in total. The van der Waals surface area contributed by atoms with Crippen molar-refractivity contribution in [1.29, 1.82) is 0 Å². The van der Waals surface area contributed by atoms with E-state index in [1.807, 2.05) is 48.5 Å². The number of carbonyl (C=O) groups excluding carboxylic acids is 2. The number of benzene rings is 2. The van der Waals surface area contributed by atoms with Gasteiger partial charge in [0.2, 0.25) is 5.91 Å². The number of amides is 2. The summed E-state index contributed by atoms with van der Waals surface area (Å²) < 4.78 is 45.4. The highest BCUT2D eigenvalue weighted by Crippen LogP contribution is 2.45. The highest BCUT2D eigenvalue weighted by Gasteiger charge is 2.55. The van der Waals surface area contributed by atoms with Crippen molar-refractivity contribution in [3.63, 3.8) is 0 Å². The number of ether oxygens (including phenoxy) is 1. The van der Waals surface area contributed by atoms with Crippen LogP contribution in [0.25, 0.3) is 11.1 Å². The van der Waals surface area contributed by atoms with Crippen molar-refractivity contribution in [2.24, 2.45) is 5.41 Å². The lowest BCUT2D eigenvalue weighted by Crippen LogP contribution is -2.50. The summed E-state index contributed by atoms with van der Waals surface area (Å²) in [7, 11) is 0. The van der Waals surface area contributed by atoms with E-state index in [-0.39, 0.29) is 25.5 Å². The van der Waals surface area contributed by atoms with Crippen LogP contribution in [0.2, 0.25) is 0 Å². The quantitative estimate of drug-likeness (QED) is 0.634. The molecule has 1 aliphatic carbocycles. The van der Waals surface area contributed by atoms with E-state index in [9.17, 15) is 32.7 Å². The van der Waals surface area contributed by atoms with Crippen molar-refractivity contribution < 1.29 is 37.4 Å². The van der Waals surface area contributed by atoms with E-state index in [4.69, 9.17) is 4.74 Å². The number of hydrogen-bond donors (Lipinski definition) is 2. The van der Waals surface area contributed by atoms with Gasteiger partial charge in [0, 0.05) is 19.0 Å². The van der Waals surface area contributed by atoms with Crippen LogP contribution >= 0.6 is 0 Å². The molecule has 0 aromatic heterocycles. The zero-order valence-electron chi connectivity index (χ0n) is 19.0. The molecule has 2 atom stereocenters. The third kappa shape index (κ3) is 4.82. The van der Waals surface area contributed by atoms with Crippen LogP contribution in [0.5, 0.6) is 0 Å². The first-order valence-electron chi connectivity index (χ1n) is 11.2. The molecule has 2 N–H and O–H groups in total. The predicted molar refractivity (Wildman–Crippen MR) is 120 cm³/mol. The minimum Gasteiger partial charge on any atom is -0.481 e. The fourth-order valence-electron chi connectivity index (χ4n) is 4.76. The lowest BCUT2D eigenvalue weighted by atomic mass is 9.89. The first kappa shape index (κ1) is 24.6. The summed E-state index contributed by atoms with van der Waals surface area (Å²) in [6.07, 6.45) is -6.59. The Hall–Kier alpha value is -3.56. The minimum absolute atomic E-state index is 0.0519. The average Bonchev–Trinajstić information content (AvgIpc) is 3.36. The maximum absolute atomic E-state index is 13.3. The Kier molecular flexibility index (Phi) is 6.48. The Balaban J connectivity index is 1.43. The molecule has 1 saturated heterocycles. The van der Waals surface area contributed by atoms with Crippen molar-refractivity contribution in [1.82, 2.24) is 10.2 Å². The molecule has 0 spiro atoms. The van der Waals surface area contributed by atoms with Gasteiger partial charge in [0.25, 0.3) is 0 Å². The summed E-state index contributed by atoms with van der Waals surface area (Å²) in [6.45, 7) is 0.185. The molecule has 10 heteroatoms. The van der Waals surface area contributed by atoms with E-state index in [0.717, 1.165) is 34.1 Å². The molecule has 186 valence electrons. The fraction of sp³-hybridized carbons (Fsp3) is 0.400. The number of alkyl halides is 3. The molecule has 2 aromatic carbocycles. The van der Waals surface area contributed by atoms with Gasteiger partial charge in [-0.3, -0.25) is 9.59 Å². The van der Waals surface area contributed by atoms with Crippen LogP contribution in [0.15, 0.2) is 48.5 Å². The van der Waals surface area contributed by atoms with Crippen molar-refractivity contribution in [3.05, 3.63) is 59.7 Å². The van der Waals surface area contributed by atoms with E-state index in [1.54, 1.807) is 0 Å². The maximum atomic E-state index is 13.3. The van der Waals surface area contributed by atoms with Gasteiger partial charge in [-0.2, -0.15) is 13.2 Å². The molecular weight excluding hydrogens is 465 g/mol. The normalized spacial score (nSPS) is 20.2. The summed E-state index contributed by atoms with van der Waals surface area (Å²) in [4.78, 5) is 37.6. The number of hydrogen-bond acceptors (Lipinski definition) is 4. The number of nitrogens with one attached hydrogen (secondary N) is 1. The van der Waals surface area contributed by atoms with E-state index in [2.05, 4.69) is 5.32 Å². The first-order valence-corrected chi connectivity index (χ1v) is 11.2. The summed E-state index contributed by atoms with van der Waals surface area (Å²) in [6, 6.07) is 13.9. The van der Waals surface area contributed by atoms with Gasteiger partial charge in [0.05, 0.1) is 11.8 Å². The summed E-state index contributed by atoms with van der Waals surface area (Å²) in [5.74, 6) is -2.50. The molecule has 1 aliphatic heterocycles. The van der Waals surface area contributed by atoms with E-state index in [0.29, 0.717) is 0 Å². The molecule has 2 aromatic rings. The SMILES string of the molecule is CC1(C(F)(F)F)CCN(C(=O)C(CC(=O)O)NC(=O)OCC2c3ccccc3-c3ccccc32)C1. The number of aliphatic carboxylic acids is 1. The van der Waals surface area contributed by atoms with Gasteiger partial charge in [-0.15, -0.1) is 0 Å². The molecule has 4 rings (SSSR count). The van der Waals surface area contributed by atoms with Crippen LogP contribution in [0.1, 0.15) is 36.8 Å². The molecule has 2 aliphatic rings. The van der Waals surface area contributed by atoms with Crippen LogP contribution < -0.4 is 5.32 Å². The Morgan fingerprint density at radius 3 is 2.20 bits per heavy atom. The lowest BCUT2D eigenvalue weighted by molar-refractivity contribution is -0.212. The van der Waals surface area contributed by atoms with E-state index in [1.165, 1.54) is 0 Å². The van der Waals surface area contributed by atoms with Crippen molar-refractivity contribution in [2.75, 3.05) is 19.7 Å². The van der Waals surface area contributed by atoms with Gasteiger partial charge in [-0.05, 0) is 35.6 Å². The third-order valence-electron chi connectivity index (χ3n) is 6.78. The zero-order chi connectivity index (χ0) is 25.4. The molecule has 0 saturated carbocycles. The van der Waals surface area contributed by atoms with Gasteiger partial charge in [0.15, 0.2) is 0 Å². The number of rotatable bonds is 6. The van der Waals surface area contributed by atoms with Crippen LogP contribution in [0.4, 0.5) is 18.0 Å². The number of carboxylic acid groups (broad SMARTS) is 1. The van der Waals surface area contributed by atoms with E-state index >= 15 is 0 Å². The largest absolute Gasteiger partial charge is 0.481 e. The number of halogens is 3. The monoisotopic (exact) mass is 490 g/mol. The Labute approximate surface area is 199 Å². The molecule has 0 radical (unpaired) electrons. The smallest absolute Gasteiger partial charge is 0.407 e. The number of fused-ring (bicyclic) bond motifs is 3. The third-order valence-corrected chi connectivity index (χ3v) is 6.78. The highest BCUT2D eigenvalue weighted by atomic mass is 19.4. The minimum atomic E-state index is -4.51. The van der Waals surface area contributed by atoms with Crippen LogP contribution in [-0.2, 0) is 14.3 Å². The standard InChI is InChI=1S/C25H25F3N2O5/c1-24(25(26,27)28)10-11-30(14-24)22(33)20(12-21(31)32)29-23(34)35-13-19-17-8-4-2-6-15(17)16-7-3-5-9-18(16)19/h2-9,19-20H,10-14H2,1H3,(H,29,34)(H,31,32). The number of likely N-dealkylation sites (tertiary alicyclic amines) is 1. The van der Waals surface area contributed by atoms with Gasteiger partial charge in [-0.1, -0.05) is 48.5 Å².